The van der Waals surface area contributed by atoms with Crippen LogP contribution >= 0.6 is 15.9 Å². The van der Waals surface area contributed by atoms with Crippen LogP contribution in [0, 0.1) is 11.3 Å². The molecule has 19 heavy (non-hydrogen) atoms. The molecule has 1 rings (SSSR count). The smallest absolute Gasteiger partial charge is 0.273 e. The minimum absolute atomic E-state index is 0.0975. The predicted molar refractivity (Wildman–Crippen MR) is 68.0 cm³/mol. The van der Waals surface area contributed by atoms with Gasteiger partial charge in [-0.15, -0.1) is 0 Å². The highest BCUT2D eigenvalue weighted by Crippen LogP contribution is 2.20. The van der Waals surface area contributed by atoms with Gasteiger partial charge < -0.3 is 5.73 Å². The summed E-state index contributed by atoms with van der Waals surface area (Å²) in [5.74, 6) is -3.32. The van der Waals surface area contributed by atoms with Crippen LogP contribution in [0.25, 0.3) is 0 Å². The zero-order valence-corrected chi connectivity index (χ0v) is 11.9. The first-order valence-electron chi connectivity index (χ1n) is 4.98. The van der Waals surface area contributed by atoms with Gasteiger partial charge in [0.2, 0.25) is 10.0 Å². The van der Waals surface area contributed by atoms with Crippen LogP contribution in [-0.4, -0.2) is 27.4 Å². The Bertz CT molecular complexity index is 614. The first kappa shape index (κ1) is 16.0. The average Bonchev–Trinajstić information content (AvgIpc) is 2.36. The summed E-state index contributed by atoms with van der Waals surface area (Å²) < 4.78 is 51.5. The summed E-state index contributed by atoms with van der Waals surface area (Å²) in [6, 6.07) is 5.49. The number of nitrogens with zero attached hydrogens (tertiary/aromatic N) is 1. The lowest BCUT2D eigenvalue weighted by molar-refractivity contribution is 0.0170. The van der Waals surface area contributed by atoms with Crippen molar-refractivity contribution >= 4 is 26.0 Å². The Morgan fingerprint density at radius 1 is 1.42 bits per heavy atom. The molecule has 0 amide bonds. The molecule has 3 N–H and O–H groups in total. The van der Waals surface area contributed by atoms with Crippen LogP contribution in [0.2, 0.25) is 0 Å². The van der Waals surface area contributed by atoms with E-state index in [1.807, 2.05) is 0 Å². The van der Waals surface area contributed by atoms with Crippen molar-refractivity contribution in [1.82, 2.24) is 4.72 Å². The molecule has 104 valence electrons. The molecule has 0 saturated heterocycles. The van der Waals surface area contributed by atoms with E-state index in [9.17, 15) is 17.2 Å². The van der Waals surface area contributed by atoms with Gasteiger partial charge in [-0.05, 0) is 18.2 Å². The summed E-state index contributed by atoms with van der Waals surface area (Å²) in [6.07, 6.45) is 0. The van der Waals surface area contributed by atoms with Gasteiger partial charge in [-0.3, -0.25) is 0 Å². The molecule has 0 unspecified atom stereocenters. The number of hydrogen-bond donors (Lipinski definition) is 2. The fourth-order valence-corrected chi connectivity index (χ4v) is 2.92. The van der Waals surface area contributed by atoms with Crippen molar-refractivity contribution in [2.45, 2.75) is 10.8 Å². The molecule has 0 saturated carbocycles. The first-order valence-corrected chi connectivity index (χ1v) is 7.26. The zero-order valence-electron chi connectivity index (χ0n) is 9.53. The minimum Gasteiger partial charge on any atom is -0.325 e. The second-order valence-electron chi connectivity index (χ2n) is 3.67. The van der Waals surface area contributed by atoms with E-state index in [2.05, 4.69) is 15.9 Å². The Kier molecular flexibility index (Phi) is 4.98. The number of rotatable bonds is 5. The molecule has 0 aliphatic carbocycles. The van der Waals surface area contributed by atoms with Crippen molar-refractivity contribution in [2.24, 2.45) is 5.73 Å². The number of alkyl halides is 2. The van der Waals surface area contributed by atoms with Gasteiger partial charge in [-0.2, -0.15) is 5.26 Å². The van der Waals surface area contributed by atoms with Gasteiger partial charge in [0.1, 0.15) is 0 Å². The van der Waals surface area contributed by atoms with Crippen LogP contribution in [0.1, 0.15) is 5.56 Å². The van der Waals surface area contributed by atoms with Crippen molar-refractivity contribution in [3.8, 4) is 6.07 Å². The SMILES string of the molecule is N#Cc1cc(Br)cc(S(=O)(=O)NCC(F)(F)CN)c1. The quantitative estimate of drug-likeness (QED) is 0.830. The molecule has 5 nitrogen and oxygen atoms in total. The third kappa shape index (κ3) is 4.50. The fourth-order valence-electron chi connectivity index (χ4n) is 1.14. The van der Waals surface area contributed by atoms with Gasteiger partial charge in [-0.1, -0.05) is 15.9 Å². The van der Waals surface area contributed by atoms with E-state index < -0.39 is 29.0 Å². The van der Waals surface area contributed by atoms with E-state index in [-0.39, 0.29) is 10.5 Å². The summed E-state index contributed by atoms with van der Waals surface area (Å²) in [5, 5.41) is 8.73. The molecule has 0 aromatic heterocycles. The van der Waals surface area contributed by atoms with Crippen molar-refractivity contribution in [2.75, 3.05) is 13.1 Å². The molecular weight excluding hydrogens is 344 g/mol. The number of sulfonamides is 1. The van der Waals surface area contributed by atoms with E-state index in [0.717, 1.165) is 6.07 Å². The Labute approximate surface area is 117 Å². The van der Waals surface area contributed by atoms with Crippen LogP contribution in [0.5, 0.6) is 0 Å². The second kappa shape index (κ2) is 5.92. The fraction of sp³-hybridized carbons (Fsp3) is 0.300. The van der Waals surface area contributed by atoms with E-state index in [0.29, 0.717) is 4.47 Å². The number of benzene rings is 1. The highest BCUT2D eigenvalue weighted by molar-refractivity contribution is 9.10. The Balaban J connectivity index is 3.02. The first-order chi connectivity index (χ1) is 8.70. The van der Waals surface area contributed by atoms with Crippen LogP contribution < -0.4 is 10.5 Å². The number of hydrogen-bond acceptors (Lipinski definition) is 4. The minimum atomic E-state index is -4.13. The van der Waals surface area contributed by atoms with E-state index >= 15 is 0 Å². The van der Waals surface area contributed by atoms with Crippen molar-refractivity contribution in [3.63, 3.8) is 0 Å². The van der Waals surface area contributed by atoms with Gasteiger partial charge in [0.25, 0.3) is 5.92 Å². The lowest BCUT2D eigenvalue weighted by atomic mass is 10.2. The molecule has 0 fully saturated rings. The van der Waals surface area contributed by atoms with Gasteiger partial charge in [0.15, 0.2) is 0 Å². The molecule has 0 atom stereocenters. The van der Waals surface area contributed by atoms with Crippen LogP contribution in [0.3, 0.4) is 0 Å². The number of halogens is 3. The van der Waals surface area contributed by atoms with E-state index in [4.69, 9.17) is 11.0 Å². The normalized spacial score (nSPS) is 12.2. The van der Waals surface area contributed by atoms with E-state index in [1.54, 1.807) is 10.8 Å². The molecule has 0 heterocycles. The number of nitrogens with two attached hydrogens (primary N) is 1. The molecule has 0 aliphatic heterocycles. The lowest BCUT2D eigenvalue weighted by Crippen LogP contribution is -2.41. The highest BCUT2D eigenvalue weighted by Gasteiger charge is 2.29. The average molecular weight is 354 g/mol. The van der Waals surface area contributed by atoms with Gasteiger partial charge in [-0.25, -0.2) is 21.9 Å². The Hall–Kier alpha value is -1.08. The maximum Gasteiger partial charge on any atom is 0.273 e. The Morgan fingerprint density at radius 2 is 2.05 bits per heavy atom. The molecule has 1 aromatic rings. The van der Waals surface area contributed by atoms with E-state index in [1.165, 1.54) is 12.1 Å². The molecule has 0 bridgehead atoms. The molecule has 1 aromatic carbocycles. The maximum atomic E-state index is 12.9. The maximum absolute atomic E-state index is 12.9. The molecule has 0 aliphatic rings. The van der Waals surface area contributed by atoms with Gasteiger partial charge in [0.05, 0.1) is 29.6 Å². The third-order valence-corrected chi connectivity index (χ3v) is 3.97. The largest absolute Gasteiger partial charge is 0.325 e. The lowest BCUT2D eigenvalue weighted by Gasteiger charge is -2.15. The highest BCUT2D eigenvalue weighted by atomic mass is 79.9. The van der Waals surface area contributed by atoms with Crippen molar-refractivity contribution in [1.29, 1.82) is 5.26 Å². The molecule has 9 heteroatoms. The van der Waals surface area contributed by atoms with Gasteiger partial charge in [0, 0.05) is 4.47 Å². The van der Waals surface area contributed by atoms with Gasteiger partial charge >= 0.3 is 0 Å². The molecular formula is C10H10BrF2N3O2S. The van der Waals surface area contributed by atoms with Crippen LogP contribution in [0.4, 0.5) is 8.78 Å². The van der Waals surface area contributed by atoms with Crippen LogP contribution in [0.15, 0.2) is 27.6 Å². The summed E-state index contributed by atoms with van der Waals surface area (Å²) in [6.45, 7) is -2.06. The molecule has 0 radical (unpaired) electrons. The summed E-state index contributed by atoms with van der Waals surface area (Å²) >= 11 is 3.04. The molecule has 0 spiro atoms. The number of nitriles is 1. The second-order valence-corrected chi connectivity index (χ2v) is 6.35. The Morgan fingerprint density at radius 3 is 2.58 bits per heavy atom. The third-order valence-electron chi connectivity index (χ3n) is 2.13. The van der Waals surface area contributed by atoms with Crippen molar-refractivity contribution in [3.05, 3.63) is 28.2 Å². The monoisotopic (exact) mass is 353 g/mol. The summed E-state index contributed by atoms with van der Waals surface area (Å²) in [4.78, 5) is -0.272. The predicted octanol–water partition coefficient (Wildman–Crippen LogP) is 1.19. The standard InChI is InChI=1S/C10H10BrF2N3O2S/c11-8-1-7(4-14)2-9(3-8)19(17,18)16-6-10(12,13)5-15/h1-3,16H,5-6,15H2. The summed E-state index contributed by atoms with van der Waals surface area (Å²) in [7, 11) is -4.13. The zero-order chi connectivity index (χ0) is 14.7. The van der Waals surface area contributed by atoms with Crippen LogP contribution in [-0.2, 0) is 10.0 Å². The topological polar surface area (TPSA) is 96.0 Å². The number of nitrogens with one attached hydrogen (secondary N) is 1. The van der Waals surface area contributed by atoms with Crippen molar-refractivity contribution < 1.29 is 17.2 Å². The summed E-state index contributed by atoms with van der Waals surface area (Å²) in [5.41, 5.74) is 4.91.